The standard InChI is InChI=1S/C94H157NO8/c1-6-8-10-12-14-16-18-20-22-24-26-28-30-32-34-36-38-40-42-44-46-48-50-52-54-56-58-60-62-64-66-68-70-72-74-76-78-80-82-84-91(96)101-88-90(89-102-94(93(98)99)100-87-86-95(3,4)5)103-92(97)85-83-81-79-77-75-73-71-69-67-65-63-61-59-57-55-53-51-49-47-45-43-41-39-37-35-33-31-29-27-25-23-21-19-17-15-13-11-9-7-2/h8-11,14-17,20-23,26-29,32-35,38-41,44-47,90,94H,6-7,12-13,18-19,24-25,30-31,36-37,42-43,48-89H2,1-5H3/b10-8-,11-9-,16-14-,17-15-,22-20-,23-21-,28-26-,29-27-,34-32-,35-33-,40-38-,41-39-,46-44-,47-45-. The van der Waals surface area contributed by atoms with Crippen molar-refractivity contribution in [2.45, 2.75) is 360 Å². The number of esters is 2. The zero-order chi connectivity index (χ0) is 74.6. The molecule has 0 fully saturated rings. The number of rotatable bonds is 77. The Morgan fingerprint density at radius 1 is 0.291 bits per heavy atom. The van der Waals surface area contributed by atoms with E-state index in [1.165, 1.54) is 186 Å². The Morgan fingerprint density at radius 3 is 0.777 bits per heavy atom. The van der Waals surface area contributed by atoms with Crippen LogP contribution in [0, 0.1) is 0 Å². The topological polar surface area (TPSA) is 111 Å². The molecule has 9 nitrogen and oxygen atoms in total. The van der Waals surface area contributed by atoms with Gasteiger partial charge in [0.1, 0.15) is 13.2 Å². The molecule has 2 unspecified atom stereocenters. The van der Waals surface area contributed by atoms with E-state index in [0.717, 1.165) is 128 Å². The van der Waals surface area contributed by atoms with Gasteiger partial charge < -0.3 is 33.3 Å². The van der Waals surface area contributed by atoms with Crippen LogP contribution in [0.2, 0.25) is 0 Å². The van der Waals surface area contributed by atoms with Gasteiger partial charge in [0.25, 0.3) is 0 Å². The quantitative estimate of drug-likeness (QED) is 0.0195. The lowest BCUT2D eigenvalue weighted by atomic mass is 10.0. The fourth-order valence-electron chi connectivity index (χ4n) is 11.6. The van der Waals surface area contributed by atoms with E-state index in [-0.39, 0.29) is 38.6 Å². The van der Waals surface area contributed by atoms with E-state index in [9.17, 15) is 19.5 Å². The lowest BCUT2D eigenvalue weighted by Gasteiger charge is -2.26. The average Bonchev–Trinajstić information content (AvgIpc) is 1.06. The number of carbonyl (C=O) groups excluding carboxylic acids is 3. The van der Waals surface area contributed by atoms with Gasteiger partial charge in [0.2, 0.25) is 0 Å². The summed E-state index contributed by atoms with van der Waals surface area (Å²) >= 11 is 0. The zero-order valence-electron chi connectivity index (χ0n) is 67.1. The van der Waals surface area contributed by atoms with Gasteiger partial charge in [0.05, 0.1) is 40.3 Å². The third-order valence-corrected chi connectivity index (χ3v) is 18.0. The van der Waals surface area contributed by atoms with Crippen LogP contribution in [0.5, 0.6) is 0 Å². The molecular weight excluding hydrogens is 1270 g/mol. The SMILES string of the molecule is CC/C=C\C/C=C\C/C=C\C/C=C\C/C=C\C/C=C\C/C=C\CCCCCCCCCCCCCCCCCCCC(=O)OCC(COC(OCC[N+](C)(C)C)C(=O)[O-])OC(=O)CCCCCCCCCCCCCCCCCCC/C=C\C/C=C\C/C=C\C/C=C\C/C=C\C/C=C\C/C=C\CC. The molecule has 9 heteroatoms. The molecule has 0 aromatic carbocycles. The summed E-state index contributed by atoms with van der Waals surface area (Å²) in [6, 6.07) is 0. The highest BCUT2D eigenvalue weighted by molar-refractivity contribution is 5.70. The maximum absolute atomic E-state index is 13.0. The van der Waals surface area contributed by atoms with E-state index in [4.69, 9.17) is 18.9 Å². The molecule has 0 N–H and O–H groups in total. The number of ether oxygens (including phenoxy) is 4. The molecule has 0 saturated carbocycles. The summed E-state index contributed by atoms with van der Waals surface area (Å²) in [7, 11) is 5.94. The van der Waals surface area contributed by atoms with Gasteiger partial charge in [0.15, 0.2) is 12.4 Å². The fraction of sp³-hybridized carbons (Fsp3) is 0.670. The van der Waals surface area contributed by atoms with Gasteiger partial charge in [-0.1, -0.05) is 377 Å². The van der Waals surface area contributed by atoms with Gasteiger partial charge in [0, 0.05) is 12.8 Å². The minimum Gasteiger partial charge on any atom is -0.545 e. The third kappa shape index (κ3) is 83.8. The van der Waals surface area contributed by atoms with Crippen LogP contribution in [-0.2, 0) is 33.3 Å². The summed E-state index contributed by atoms with van der Waals surface area (Å²) in [4.78, 5) is 37.7. The molecule has 0 aliphatic heterocycles. The van der Waals surface area contributed by atoms with Crippen molar-refractivity contribution in [1.82, 2.24) is 0 Å². The van der Waals surface area contributed by atoms with Crippen LogP contribution in [0.4, 0.5) is 0 Å². The van der Waals surface area contributed by atoms with Crippen LogP contribution in [0.3, 0.4) is 0 Å². The predicted octanol–water partition coefficient (Wildman–Crippen LogP) is 26.4. The summed E-state index contributed by atoms with van der Waals surface area (Å²) < 4.78 is 22.9. The number of carbonyl (C=O) groups is 3. The molecule has 0 heterocycles. The molecule has 0 aromatic rings. The van der Waals surface area contributed by atoms with Gasteiger partial charge in [-0.05, 0) is 128 Å². The molecule has 103 heavy (non-hydrogen) atoms. The lowest BCUT2D eigenvalue weighted by molar-refractivity contribution is -0.870. The number of allylic oxidation sites excluding steroid dienone is 28. The van der Waals surface area contributed by atoms with E-state index < -0.39 is 24.3 Å². The Bertz CT molecular complexity index is 2310. The Balaban J connectivity index is 4.02. The number of likely N-dealkylation sites (N-methyl/N-ethyl adjacent to an activating group) is 1. The first kappa shape index (κ1) is 97.7. The first-order valence-electron chi connectivity index (χ1n) is 42.3. The monoisotopic (exact) mass is 1430 g/mol. The summed E-state index contributed by atoms with van der Waals surface area (Å²) in [6.07, 6.45) is 121. The van der Waals surface area contributed by atoms with Crippen LogP contribution in [0.1, 0.15) is 348 Å². The number of carboxylic acid groups (broad SMARTS) is 1. The Labute approximate surface area is 635 Å². The van der Waals surface area contributed by atoms with E-state index >= 15 is 0 Å². The van der Waals surface area contributed by atoms with Gasteiger partial charge >= 0.3 is 11.9 Å². The molecule has 0 aliphatic rings. The largest absolute Gasteiger partial charge is 0.545 e. The Kier molecular flexibility index (Phi) is 78.0. The van der Waals surface area contributed by atoms with Gasteiger partial charge in [-0.3, -0.25) is 9.59 Å². The first-order valence-corrected chi connectivity index (χ1v) is 42.3. The molecule has 0 amide bonds. The second-order valence-corrected chi connectivity index (χ2v) is 29.0. The van der Waals surface area contributed by atoms with Crippen LogP contribution in [0.15, 0.2) is 170 Å². The van der Waals surface area contributed by atoms with Crippen molar-refractivity contribution in [3.8, 4) is 0 Å². The van der Waals surface area contributed by atoms with Crippen molar-refractivity contribution >= 4 is 17.9 Å². The van der Waals surface area contributed by atoms with E-state index in [0.29, 0.717) is 17.4 Å². The number of hydrogen-bond donors (Lipinski definition) is 0. The van der Waals surface area contributed by atoms with Crippen molar-refractivity contribution in [2.75, 3.05) is 47.5 Å². The maximum atomic E-state index is 13.0. The number of carboxylic acids is 1. The van der Waals surface area contributed by atoms with Crippen molar-refractivity contribution in [3.05, 3.63) is 170 Å². The summed E-state index contributed by atoms with van der Waals surface area (Å²) in [5.74, 6) is -2.27. The second kappa shape index (κ2) is 82.3. The number of aliphatic carboxylic acids is 1. The van der Waals surface area contributed by atoms with E-state index in [2.05, 4.69) is 184 Å². The highest BCUT2D eigenvalue weighted by Crippen LogP contribution is 2.18. The van der Waals surface area contributed by atoms with Crippen molar-refractivity contribution < 1.29 is 42.9 Å². The van der Waals surface area contributed by atoms with Crippen LogP contribution < -0.4 is 5.11 Å². The summed E-state index contributed by atoms with van der Waals surface area (Å²) in [6.45, 7) is 4.54. The van der Waals surface area contributed by atoms with Crippen molar-refractivity contribution in [3.63, 3.8) is 0 Å². The molecule has 0 bridgehead atoms. The molecule has 0 aliphatic carbocycles. The molecular formula is C94H157NO8. The van der Waals surface area contributed by atoms with E-state index in [1.54, 1.807) is 0 Å². The molecule has 0 spiro atoms. The minimum absolute atomic E-state index is 0.143. The molecule has 0 radical (unpaired) electrons. The number of nitrogens with zero attached hydrogens (tertiary/aromatic N) is 1. The van der Waals surface area contributed by atoms with Gasteiger partial charge in [-0.25, -0.2) is 0 Å². The maximum Gasteiger partial charge on any atom is 0.306 e. The number of unbranched alkanes of at least 4 members (excludes halogenated alkanes) is 34. The van der Waals surface area contributed by atoms with Crippen LogP contribution >= 0.6 is 0 Å². The second-order valence-electron chi connectivity index (χ2n) is 29.0. The zero-order valence-corrected chi connectivity index (χ0v) is 67.1. The predicted molar refractivity (Wildman–Crippen MR) is 444 cm³/mol. The third-order valence-electron chi connectivity index (χ3n) is 18.0. The Morgan fingerprint density at radius 2 is 0.524 bits per heavy atom. The smallest absolute Gasteiger partial charge is 0.306 e. The Hall–Kier alpha value is -5.35. The highest BCUT2D eigenvalue weighted by Gasteiger charge is 2.22. The average molecular weight is 1430 g/mol. The first-order chi connectivity index (χ1) is 50.6. The van der Waals surface area contributed by atoms with E-state index in [1.807, 2.05) is 21.1 Å². The highest BCUT2D eigenvalue weighted by atomic mass is 16.7. The van der Waals surface area contributed by atoms with Crippen molar-refractivity contribution in [1.29, 1.82) is 0 Å². The number of quaternary nitrogens is 1. The molecule has 0 rings (SSSR count). The van der Waals surface area contributed by atoms with Gasteiger partial charge in [-0.15, -0.1) is 0 Å². The molecule has 0 aromatic heterocycles. The molecule has 0 saturated heterocycles. The lowest BCUT2D eigenvalue weighted by Crippen LogP contribution is -2.44. The van der Waals surface area contributed by atoms with Crippen LogP contribution in [-0.4, -0.2) is 82.3 Å². The van der Waals surface area contributed by atoms with Gasteiger partial charge in [-0.2, -0.15) is 0 Å². The number of hydrogen-bond acceptors (Lipinski definition) is 8. The van der Waals surface area contributed by atoms with Crippen LogP contribution in [0.25, 0.3) is 0 Å². The fourth-order valence-corrected chi connectivity index (χ4v) is 11.6. The summed E-state index contributed by atoms with van der Waals surface area (Å²) in [5.41, 5.74) is 0. The normalized spacial score (nSPS) is 13.5. The molecule has 586 valence electrons. The molecule has 2 atom stereocenters. The van der Waals surface area contributed by atoms with Crippen molar-refractivity contribution in [2.24, 2.45) is 0 Å². The summed E-state index contributed by atoms with van der Waals surface area (Å²) in [5, 5.41) is 11.9. The minimum atomic E-state index is -1.63.